The number of carbonyl (C=O) groups is 2. The monoisotopic (exact) mass is 580 g/mol. The Morgan fingerprint density at radius 2 is 1.63 bits per heavy atom. The molecule has 202 valence electrons. The van der Waals surface area contributed by atoms with Gasteiger partial charge < -0.3 is 19.7 Å². The molecular formula is C31H37BrN2O4. The molecule has 3 aromatic carbocycles. The number of halogens is 1. The fourth-order valence-corrected chi connectivity index (χ4v) is 4.57. The standard InChI is InChI=1S/C31H37BrN2O4/c1-3-4-19-33-31(36)29(22-24-10-6-5-7-11-24)34(23-25-12-8-13-26(32)21-25)30(35)14-9-20-38-28-17-15-27(37-2)16-18-28/h5-8,10-13,15-18,21,29H,3-4,9,14,19-20,22-23H2,1-2H3,(H,33,36). The maximum absolute atomic E-state index is 13.7. The van der Waals surface area contributed by atoms with Crippen molar-refractivity contribution in [3.05, 3.63) is 94.5 Å². The van der Waals surface area contributed by atoms with Crippen molar-refractivity contribution < 1.29 is 19.1 Å². The number of hydrogen-bond donors (Lipinski definition) is 1. The fraction of sp³-hybridized carbons (Fsp3) is 0.355. The van der Waals surface area contributed by atoms with Crippen molar-refractivity contribution in [1.29, 1.82) is 0 Å². The second-order valence-corrected chi connectivity index (χ2v) is 10.0. The summed E-state index contributed by atoms with van der Waals surface area (Å²) in [6.07, 6.45) is 3.14. The molecule has 3 rings (SSSR count). The molecule has 0 radical (unpaired) electrons. The minimum absolute atomic E-state index is 0.0742. The van der Waals surface area contributed by atoms with Crippen molar-refractivity contribution in [2.24, 2.45) is 0 Å². The molecule has 6 nitrogen and oxygen atoms in total. The average Bonchev–Trinajstić information content (AvgIpc) is 2.94. The van der Waals surface area contributed by atoms with Gasteiger partial charge in [0.15, 0.2) is 0 Å². The topological polar surface area (TPSA) is 67.9 Å². The van der Waals surface area contributed by atoms with Gasteiger partial charge in [-0.25, -0.2) is 0 Å². The summed E-state index contributed by atoms with van der Waals surface area (Å²) in [7, 11) is 1.62. The molecule has 7 heteroatoms. The third kappa shape index (κ3) is 9.53. The summed E-state index contributed by atoms with van der Waals surface area (Å²) in [5.41, 5.74) is 1.97. The number of rotatable bonds is 15. The smallest absolute Gasteiger partial charge is 0.243 e. The normalized spacial score (nSPS) is 11.4. The van der Waals surface area contributed by atoms with E-state index in [1.165, 1.54) is 0 Å². The molecule has 0 aliphatic heterocycles. The van der Waals surface area contributed by atoms with E-state index in [2.05, 4.69) is 28.2 Å². The highest BCUT2D eigenvalue weighted by molar-refractivity contribution is 9.10. The van der Waals surface area contributed by atoms with Gasteiger partial charge in [0.2, 0.25) is 11.8 Å². The molecule has 2 amide bonds. The summed E-state index contributed by atoms with van der Waals surface area (Å²) in [5.74, 6) is 1.29. The van der Waals surface area contributed by atoms with Gasteiger partial charge >= 0.3 is 0 Å². The SMILES string of the molecule is CCCCNC(=O)C(Cc1ccccc1)N(Cc1cccc(Br)c1)C(=O)CCCOc1ccc(OC)cc1. The van der Waals surface area contributed by atoms with Crippen LogP contribution in [0.15, 0.2) is 83.3 Å². The lowest BCUT2D eigenvalue weighted by molar-refractivity contribution is -0.141. The van der Waals surface area contributed by atoms with Crippen LogP contribution in [-0.4, -0.2) is 43.0 Å². The maximum Gasteiger partial charge on any atom is 0.243 e. The Labute approximate surface area is 234 Å². The van der Waals surface area contributed by atoms with Gasteiger partial charge in [0.05, 0.1) is 13.7 Å². The fourth-order valence-electron chi connectivity index (χ4n) is 4.12. The summed E-state index contributed by atoms with van der Waals surface area (Å²) < 4.78 is 11.9. The zero-order valence-electron chi connectivity index (χ0n) is 22.2. The number of hydrogen-bond acceptors (Lipinski definition) is 4. The van der Waals surface area contributed by atoms with Crippen LogP contribution in [0.2, 0.25) is 0 Å². The Kier molecular flexibility index (Phi) is 12.2. The zero-order valence-corrected chi connectivity index (χ0v) is 23.8. The van der Waals surface area contributed by atoms with Gasteiger partial charge in [0.1, 0.15) is 17.5 Å². The van der Waals surface area contributed by atoms with Crippen molar-refractivity contribution in [1.82, 2.24) is 10.2 Å². The van der Waals surface area contributed by atoms with E-state index in [-0.39, 0.29) is 18.2 Å². The molecule has 0 spiro atoms. The van der Waals surface area contributed by atoms with Crippen LogP contribution in [0.4, 0.5) is 0 Å². The van der Waals surface area contributed by atoms with Crippen molar-refractivity contribution in [3.63, 3.8) is 0 Å². The summed E-state index contributed by atoms with van der Waals surface area (Å²) in [5, 5.41) is 3.06. The summed E-state index contributed by atoms with van der Waals surface area (Å²) >= 11 is 3.53. The van der Waals surface area contributed by atoms with Crippen LogP contribution in [0.5, 0.6) is 11.5 Å². The Balaban J connectivity index is 1.75. The molecule has 38 heavy (non-hydrogen) atoms. The first-order chi connectivity index (χ1) is 18.5. The second-order valence-electron chi connectivity index (χ2n) is 9.13. The molecule has 0 aliphatic rings. The Morgan fingerprint density at radius 3 is 2.32 bits per heavy atom. The van der Waals surface area contributed by atoms with E-state index in [0.29, 0.717) is 32.5 Å². The number of carbonyl (C=O) groups excluding carboxylic acids is 2. The van der Waals surface area contributed by atoms with Gasteiger partial charge in [-0.1, -0.05) is 71.7 Å². The lowest BCUT2D eigenvalue weighted by Gasteiger charge is -2.31. The highest BCUT2D eigenvalue weighted by Gasteiger charge is 2.30. The van der Waals surface area contributed by atoms with E-state index < -0.39 is 6.04 Å². The molecule has 1 N–H and O–H groups in total. The van der Waals surface area contributed by atoms with Gasteiger partial charge in [-0.15, -0.1) is 0 Å². The first-order valence-electron chi connectivity index (χ1n) is 13.1. The molecule has 0 bridgehead atoms. The van der Waals surface area contributed by atoms with Crippen molar-refractivity contribution >= 4 is 27.7 Å². The molecule has 0 saturated carbocycles. The van der Waals surface area contributed by atoms with Crippen LogP contribution in [0.3, 0.4) is 0 Å². The highest BCUT2D eigenvalue weighted by atomic mass is 79.9. The van der Waals surface area contributed by atoms with Gasteiger partial charge in [0, 0.05) is 30.4 Å². The quantitative estimate of drug-likeness (QED) is 0.218. The number of benzene rings is 3. The van der Waals surface area contributed by atoms with Crippen molar-refractivity contribution in [2.45, 2.75) is 51.6 Å². The third-order valence-electron chi connectivity index (χ3n) is 6.21. The number of ether oxygens (including phenoxy) is 2. The molecule has 0 aromatic heterocycles. The molecular weight excluding hydrogens is 544 g/mol. The second kappa shape index (κ2) is 15.8. The predicted octanol–water partition coefficient (Wildman–Crippen LogP) is 6.17. The van der Waals surface area contributed by atoms with E-state index in [1.54, 1.807) is 12.0 Å². The summed E-state index contributed by atoms with van der Waals surface area (Å²) in [6, 6.07) is 24.5. The van der Waals surface area contributed by atoms with Crippen LogP contribution in [0.25, 0.3) is 0 Å². The van der Waals surface area contributed by atoms with Crippen molar-refractivity contribution in [3.8, 4) is 11.5 Å². The number of amides is 2. The third-order valence-corrected chi connectivity index (χ3v) is 6.70. The van der Waals surface area contributed by atoms with Crippen LogP contribution < -0.4 is 14.8 Å². The predicted molar refractivity (Wildman–Crippen MR) is 154 cm³/mol. The Hall–Kier alpha value is -3.32. The first kappa shape index (κ1) is 29.2. The molecule has 1 unspecified atom stereocenters. The van der Waals surface area contributed by atoms with E-state index in [4.69, 9.17) is 9.47 Å². The minimum Gasteiger partial charge on any atom is -0.497 e. The minimum atomic E-state index is -0.622. The summed E-state index contributed by atoms with van der Waals surface area (Å²) in [6.45, 7) is 3.42. The van der Waals surface area contributed by atoms with Gasteiger partial charge in [0.25, 0.3) is 0 Å². The largest absolute Gasteiger partial charge is 0.497 e. The van der Waals surface area contributed by atoms with E-state index in [0.717, 1.165) is 39.9 Å². The molecule has 0 heterocycles. The molecule has 0 aliphatic carbocycles. The van der Waals surface area contributed by atoms with Crippen LogP contribution in [0.1, 0.15) is 43.7 Å². The molecule has 0 fully saturated rings. The number of nitrogens with zero attached hydrogens (tertiary/aromatic N) is 1. The van der Waals surface area contributed by atoms with E-state index >= 15 is 0 Å². The number of unbranched alkanes of at least 4 members (excludes halogenated alkanes) is 1. The molecule has 3 aromatic rings. The van der Waals surface area contributed by atoms with Gasteiger partial charge in [-0.3, -0.25) is 9.59 Å². The first-order valence-corrected chi connectivity index (χ1v) is 13.9. The Morgan fingerprint density at radius 1 is 0.921 bits per heavy atom. The van der Waals surface area contributed by atoms with Crippen LogP contribution in [-0.2, 0) is 22.6 Å². The lowest BCUT2D eigenvalue weighted by Crippen LogP contribution is -2.50. The number of nitrogens with one attached hydrogen (secondary N) is 1. The van der Waals surface area contributed by atoms with Gasteiger partial charge in [-0.2, -0.15) is 0 Å². The molecule has 0 saturated heterocycles. The zero-order chi connectivity index (χ0) is 27.2. The van der Waals surface area contributed by atoms with Crippen molar-refractivity contribution in [2.75, 3.05) is 20.3 Å². The number of methoxy groups -OCH3 is 1. The Bertz CT molecular complexity index is 1140. The van der Waals surface area contributed by atoms with Crippen LogP contribution >= 0.6 is 15.9 Å². The van der Waals surface area contributed by atoms with Crippen LogP contribution in [0, 0.1) is 0 Å². The highest BCUT2D eigenvalue weighted by Crippen LogP contribution is 2.20. The lowest BCUT2D eigenvalue weighted by atomic mass is 10.0. The molecule has 1 atom stereocenters. The summed E-state index contributed by atoms with van der Waals surface area (Å²) in [4.78, 5) is 28.8. The average molecular weight is 582 g/mol. The van der Waals surface area contributed by atoms with E-state index in [9.17, 15) is 9.59 Å². The van der Waals surface area contributed by atoms with E-state index in [1.807, 2.05) is 78.9 Å². The maximum atomic E-state index is 13.7. The van der Waals surface area contributed by atoms with Gasteiger partial charge in [-0.05, 0) is 60.4 Å².